The van der Waals surface area contributed by atoms with Crippen LogP contribution in [0.5, 0.6) is 0 Å². The van der Waals surface area contributed by atoms with E-state index in [1.165, 1.54) is 16.8 Å². The van der Waals surface area contributed by atoms with E-state index >= 15 is 0 Å². The molecule has 0 aliphatic carbocycles. The molecule has 1 nitrogen and oxygen atoms in total. The lowest BCUT2D eigenvalue weighted by Gasteiger charge is -2.22. The van der Waals surface area contributed by atoms with Gasteiger partial charge >= 0.3 is 7.25 Å². The van der Waals surface area contributed by atoms with Crippen LogP contribution < -0.4 is 16.3 Å². The fourth-order valence-electron chi connectivity index (χ4n) is 2.02. The molecule has 0 unspecified atom stereocenters. The maximum absolute atomic E-state index is 9.75. The SMILES string of the molecule is CC(C)[C@@H]([NH3+])CP(c1ccccc1)c1ccccc1.F[B-](F)(F)F. The Morgan fingerprint density at radius 1 is 0.833 bits per heavy atom. The van der Waals surface area contributed by atoms with Crippen molar-refractivity contribution in [3.63, 3.8) is 0 Å². The third-order valence-corrected chi connectivity index (χ3v) is 6.17. The minimum Gasteiger partial charge on any atom is -0.418 e. The average molecular weight is 359 g/mol. The Morgan fingerprint density at radius 2 is 1.17 bits per heavy atom. The summed E-state index contributed by atoms with van der Waals surface area (Å²) in [6.07, 6.45) is 1.17. The summed E-state index contributed by atoms with van der Waals surface area (Å²) < 4.78 is 39.0. The number of rotatable bonds is 5. The second kappa shape index (κ2) is 9.80. The first-order valence-electron chi connectivity index (χ1n) is 7.76. The molecular weight excluding hydrogens is 336 g/mol. The van der Waals surface area contributed by atoms with Crippen molar-refractivity contribution in [3.8, 4) is 0 Å². The molecular formula is C17H23BF4NP. The summed E-state index contributed by atoms with van der Waals surface area (Å²) in [5.41, 5.74) is 4.34. The number of quaternary nitrogens is 1. The van der Waals surface area contributed by atoms with Gasteiger partial charge in [0, 0.05) is 12.1 Å². The van der Waals surface area contributed by atoms with Crippen molar-refractivity contribution in [2.75, 3.05) is 6.16 Å². The second-order valence-electron chi connectivity index (χ2n) is 5.78. The number of halogens is 4. The molecule has 132 valence electrons. The molecule has 2 aromatic rings. The highest BCUT2D eigenvalue weighted by Crippen LogP contribution is 2.34. The van der Waals surface area contributed by atoms with E-state index in [9.17, 15) is 17.3 Å². The minimum absolute atomic E-state index is 0.285. The quantitative estimate of drug-likeness (QED) is 0.479. The van der Waals surface area contributed by atoms with E-state index < -0.39 is 7.25 Å². The van der Waals surface area contributed by atoms with E-state index in [1.54, 1.807) is 0 Å². The molecule has 0 fully saturated rings. The average Bonchev–Trinajstić information content (AvgIpc) is 2.52. The lowest BCUT2D eigenvalue weighted by Crippen LogP contribution is -2.65. The molecule has 0 bridgehead atoms. The number of hydrogen-bond acceptors (Lipinski definition) is 0. The molecule has 2 aromatic carbocycles. The maximum Gasteiger partial charge on any atom is 0.673 e. The summed E-state index contributed by atoms with van der Waals surface area (Å²) in [4.78, 5) is 0. The van der Waals surface area contributed by atoms with E-state index in [-0.39, 0.29) is 7.92 Å². The van der Waals surface area contributed by atoms with Gasteiger partial charge in [0.15, 0.2) is 0 Å². The van der Waals surface area contributed by atoms with Gasteiger partial charge in [-0.3, -0.25) is 0 Å². The van der Waals surface area contributed by atoms with Crippen LogP contribution in [0.3, 0.4) is 0 Å². The highest BCUT2D eigenvalue weighted by molar-refractivity contribution is 7.73. The van der Waals surface area contributed by atoms with Gasteiger partial charge in [-0.2, -0.15) is 0 Å². The van der Waals surface area contributed by atoms with Gasteiger partial charge in [0.05, 0.1) is 6.04 Å². The molecule has 1 atom stereocenters. The van der Waals surface area contributed by atoms with Crippen molar-refractivity contribution in [1.82, 2.24) is 0 Å². The van der Waals surface area contributed by atoms with Gasteiger partial charge in [0.2, 0.25) is 0 Å². The third kappa shape index (κ3) is 8.46. The van der Waals surface area contributed by atoms with E-state index in [2.05, 4.69) is 80.2 Å². The summed E-state index contributed by atoms with van der Waals surface area (Å²) in [5, 5.41) is 2.91. The van der Waals surface area contributed by atoms with Crippen LogP contribution in [0.2, 0.25) is 0 Å². The molecule has 0 aliphatic heterocycles. The molecule has 24 heavy (non-hydrogen) atoms. The normalized spacial score (nSPS) is 12.7. The van der Waals surface area contributed by atoms with Crippen molar-refractivity contribution in [1.29, 1.82) is 0 Å². The molecule has 2 rings (SSSR count). The molecule has 0 amide bonds. The standard InChI is InChI=1S/C17H22NP.BF4/c1-14(2)17(18)13-19(15-9-5-3-6-10-15)16-11-7-4-8-12-16;2-1(3,4)5/h3-12,14,17H,13,18H2,1-2H3;/q;-1/p+1/t17-;/m0./s1. The van der Waals surface area contributed by atoms with Crippen LogP contribution in [0.1, 0.15) is 13.8 Å². The Labute approximate surface area is 142 Å². The monoisotopic (exact) mass is 359 g/mol. The Bertz CT molecular complexity index is 533. The summed E-state index contributed by atoms with van der Waals surface area (Å²) in [6, 6.07) is 22.3. The van der Waals surface area contributed by atoms with Crippen LogP contribution in [-0.2, 0) is 0 Å². The van der Waals surface area contributed by atoms with Crippen LogP contribution in [-0.4, -0.2) is 19.5 Å². The summed E-state index contributed by atoms with van der Waals surface area (Å²) in [5.74, 6) is 0.637. The van der Waals surface area contributed by atoms with Gasteiger partial charge in [-0.1, -0.05) is 74.5 Å². The van der Waals surface area contributed by atoms with Crippen molar-refractivity contribution in [2.24, 2.45) is 5.92 Å². The second-order valence-corrected chi connectivity index (χ2v) is 8.03. The molecule has 0 spiro atoms. The summed E-state index contributed by atoms with van der Waals surface area (Å²) in [7, 11) is -6.29. The Morgan fingerprint density at radius 3 is 1.46 bits per heavy atom. The van der Waals surface area contributed by atoms with Crippen LogP contribution >= 0.6 is 7.92 Å². The zero-order valence-corrected chi connectivity index (χ0v) is 14.8. The van der Waals surface area contributed by atoms with Crippen molar-refractivity contribution < 1.29 is 23.0 Å². The first-order valence-corrected chi connectivity index (χ1v) is 9.29. The first kappa shape index (κ1) is 20.7. The molecule has 0 aromatic heterocycles. The zero-order chi connectivity index (χ0) is 18.2. The molecule has 7 heteroatoms. The zero-order valence-electron chi connectivity index (χ0n) is 13.9. The fraction of sp³-hybridized carbons (Fsp3) is 0.294. The van der Waals surface area contributed by atoms with E-state index in [1.807, 2.05) is 0 Å². The highest BCUT2D eigenvalue weighted by Gasteiger charge is 2.21. The van der Waals surface area contributed by atoms with Gasteiger partial charge in [-0.25, -0.2) is 0 Å². The largest absolute Gasteiger partial charge is 0.673 e. The third-order valence-electron chi connectivity index (χ3n) is 3.50. The lowest BCUT2D eigenvalue weighted by molar-refractivity contribution is -0.423. The molecule has 0 radical (unpaired) electrons. The van der Waals surface area contributed by atoms with Crippen LogP contribution in [0.25, 0.3) is 0 Å². The molecule has 0 saturated carbocycles. The minimum atomic E-state index is -6.00. The van der Waals surface area contributed by atoms with Gasteiger partial charge in [0.1, 0.15) is 0 Å². The van der Waals surface area contributed by atoms with Crippen LogP contribution in [0.15, 0.2) is 60.7 Å². The number of hydrogen-bond donors (Lipinski definition) is 1. The maximum atomic E-state index is 9.75. The Hall–Kier alpha value is -1.39. The van der Waals surface area contributed by atoms with Gasteiger partial charge in [-0.05, 0) is 18.5 Å². The molecule has 3 N–H and O–H groups in total. The van der Waals surface area contributed by atoms with Crippen LogP contribution in [0, 0.1) is 5.92 Å². The van der Waals surface area contributed by atoms with E-state index in [4.69, 9.17) is 0 Å². The Balaban J connectivity index is 0.000000505. The van der Waals surface area contributed by atoms with Crippen molar-refractivity contribution in [3.05, 3.63) is 60.7 Å². The Kier molecular flexibility index (Phi) is 8.44. The smallest absolute Gasteiger partial charge is 0.418 e. The summed E-state index contributed by atoms with van der Waals surface area (Å²) in [6.45, 7) is 4.53. The first-order chi connectivity index (χ1) is 11.2. The van der Waals surface area contributed by atoms with Crippen LogP contribution in [0.4, 0.5) is 17.3 Å². The highest BCUT2D eigenvalue weighted by atomic mass is 31.1. The topological polar surface area (TPSA) is 27.6 Å². The van der Waals surface area contributed by atoms with Gasteiger partial charge in [-0.15, -0.1) is 0 Å². The fourth-order valence-corrected chi connectivity index (χ4v) is 4.70. The van der Waals surface area contributed by atoms with E-state index in [0.29, 0.717) is 12.0 Å². The molecule has 0 aliphatic rings. The molecule has 0 saturated heterocycles. The van der Waals surface area contributed by atoms with E-state index in [0.717, 1.165) is 0 Å². The van der Waals surface area contributed by atoms with Gasteiger partial charge < -0.3 is 23.0 Å². The van der Waals surface area contributed by atoms with Crippen molar-refractivity contribution in [2.45, 2.75) is 19.9 Å². The lowest BCUT2D eigenvalue weighted by atomic mass is 10.1. The molecule has 0 heterocycles. The predicted molar refractivity (Wildman–Crippen MR) is 95.6 cm³/mol. The van der Waals surface area contributed by atoms with Crippen molar-refractivity contribution >= 4 is 25.8 Å². The van der Waals surface area contributed by atoms with Gasteiger partial charge in [0.25, 0.3) is 0 Å². The number of benzene rings is 2. The summed E-state index contributed by atoms with van der Waals surface area (Å²) >= 11 is 0. The predicted octanol–water partition coefficient (Wildman–Crippen LogP) is 3.69.